The Kier molecular flexibility index (Phi) is 6.15. The monoisotopic (exact) mass is 474 g/mol. The Morgan fingerprint density at radius 2 is 1.64 bits per heavy atom. The van der Waals surface area contributed by atoms with Crippen LogP contribution in [0.3, 0.4) is 0 Å². The fraction of sp³-hybridized carbons (Fsp3) is 0.174. The first-order chi connectivity index (χ1) is 15.7. The molecule has 0 saturated carbocycles. The summed E-state index contributed by atoms with van der Waals surface area (Å²) in [5.41, 5.74) is 2.65. The number of ether oxygens (including phenoxy) is 1. The van der Waals surface area contributed by atoms with Gasteiger partial charge in [-0.15, -0.1) is 0 Å². The van der Waals surface area contributed by atoms with Crippen molar-refractivity contribution in [1.29, 1.82) is 0 Å². The Labute approximate surface area is 189 Å². The van der Waals surface area contributed by atoms with E-state index in [9.17, 15) is 27.2 Å². The van der Waals surface area contributed by atoms with Crippen LogP contribution in [0.15, 0.2) is 65.6 Å². The van der Waals surface area contributed by atoms with E-state index in [0.717, 1.165) is 9.87 Å². The van der Waals surface area contributed by atoms with Crippen LogP contribution in [0.25, 0.3) is 0 Å². The molecule has 1 amide bonds. The second-order valence-electron chi connectivity index (χ2n) is 7.53. The van der Waals surface area contributed by atoms with E-state index in [1.54, 1.807) is 13.0 Å². The normalized spacial score (nSPS) is 16.2. The quantitative estimate of drug-likeness (QED) is 0.433. The van der Waals surface area contributed by atoms with Gasteiger partial charge in [0.05, 0.1) is 4.90 Å². The first-order valence-electron chi connectivity index (χ1n) is 9.99. The van der Waals surface area contributed by atoms with Crippen LogP contribution >= 0.6 is 0 Å². The molecule has 3 aromatic carbocycles. The summed E-state index contributed by atoms with van der Waals surface area (Å²) in [4.78, 5) is 12.3. The second-order valence-corrected chi connectivity index (χ2v) is 9.42. The Hall–Kier alpha value is -3.34. The van der Waals surface area contributed by atoms with Gasteiger partial charge < -0.3 is 4.74 Å². The average Bonchev–Trinajstić information content (AvgIpc) is 2.82. The van der Waals surface area contributed by atoms with Crippen LogP contribution in [0.1, 0.15) is 22.7 Å². The number of amides is 1. The van der Waals surface area contributed by atoms with Crippen LogP contribution < -0.4 is 10.2 Å². The van der Waals surface area contributed by atoms with Crippen molar-refractivity contribution in [2.75, 3.05) is 6.54 Å². The van der Waals surface area contributed by atoms with Crippen LogP contribution in [0, 0.1) is 18.6 Å². The van der Waals surface area contributed by atoms with Gasteiger partial charge in [0.25, 0.3) is 5.91 Å². The van der Waals surface area contributed by atoms with Crippen LogP contribution in [-0.4, -0.2) is 30.4 Å². The van der Waals surface area contributed by atoms with E-state index in [1.165, 1.54) is 60.1 Å². The molecule has 33 heavy (non-hydrogen) atoms. The van der Waals surface area contributed by atoms with Crippen molar-refractivity contribution in [1.82, 2.24) is 9.79 Å². The molecule has 0 unspecified atom stereocenters. The molecule has 0 spiro atoms. The molecule has 0 aliphatic carbocycles. The molecule has 0 aromatic heterocycles. The predicted octanol–water partition coefficient (Wildman–Crippen LogP) is 3.86. The SMILES string of the molecule is Cc1ccc(F)c2c1CCN(S(=O)(=O)c1ccc(Oc3ccc(F)cc3)cc1)[C@@H]2C(=O)NO. The molecule has 4 rings (SSSR count). The molecule has 10 heteroatoms. The van der Waals surface area contributed by atoms with Gasteiger partial charge in [-0.3, -0.25) is 10.0 Å². The molecule has 0 saturated heterocycles. The summed E-state index contributed by atoms with van der Waals surface area (Å²) in [6, 6.07) is 11.9. The highest BCUT2D eigenvalue weighted by Gasteiger charge is 2.42. The molecule has 7 nitrogen and oxygen atoms in total. The largest absolute Gasteiger partial charge is 0.457 e. The number of carbonyl (C=O) groups excluding carboxylic acids is 1. The van der Waals surface area contributed by atoms with Crippen LogP contribution in [-0.2, 0) is 21.2 Å². The van der Waals surface area contributed by atoms with Crippen LogP contribution in [0.2, 0.25) is 0 Å². The van der Waals surface area contributed by atoms with Gasteiger partial charge in [0.1, 0.15) is 29.2 Å². The summed E-state index contributed by atoms with van der Waals surface area (Å²) in [5, 5.41) is 9.24. The number of benzene rings is 3. The number of hydrogen-bond acceptors (Lipinski definition) is 5. The maximum absolute atomic E-state index is 14.7. The third-order valence-corrected chi connectivity index (χ3v) is 7.40. The van der Waals surface area contributed by atoms with Gasteiger partial charge in [0.2, 0.25) is 10.0 Å². The third kappa shape index (κ3) is 4.32. The molecule has 1 aliphatic rings. The molecule has 1 heterocycles. The highest BCUT2D eigenvalue weighted by molar-refractivity contribution is 7.89. The summed E-state index contributed by atoms with van der Waals surface area (Å²) in [5.74, 6) is -1.52. The lowest BCUT2D eigenvalue weighted by Gasteiger charge is -2.35. The third-order valence-electron chi connectivity index (χ3n) is 5.52. The molecular weight excluding hydrogens is 454 g/mol. The van der Waals surface area contributed by atoms with Gasteiger partial charge in [0.15, 0.2) is 0 Å². The topological polar surface area (TPSA) is 95.9 Å². The smallest absolute Gasteiger partial charge is 0.266 e. The maximum Gasteiger partial charge on any atom is 0.266 e. The highest BCUT2D eigenvalue weighted by atomic mass is 32.2. The standard InChI is InChI=1S/C23H20F2N2O5S/c1-14-2-11-20(25)21-19(14)12-13-27(22(21)23(28)26-29)33(30,31)18-9-7-17(8-10-18)32-16-5-3-15(24)4-6-16/h2-11,22,29H,12-13H2,1H3,(H,26,28)/t22-/m0/s1. The van der Waals surface area contributed by atoms with E-state index in [0.29, 0.717) is 17.1 Å². The summed E-state index contributed by atoms with van der Waals surface area (Å²) in [6.07, 6.45) is 0.207. The Morgan fingerprint density at radius 3 is 2.24 bits per heavy atom. The minimum atomic E-state index is -4.24. The fourth-order valence-electron chi connectivity index (χ4n) is 3.90. The summed E-state index contributed by atoms with van der Waals surface area (Å²) >= 11 is 0. The lowest BCUT2D eigenvalue weighted by Crippen LogP contribution is -2.47. The van der Waals surface area contributed by atoms with E-state index < -0.39 is 33.6 Å². The molecule has 0 radical (unpaired) electrons. The van der Waals surface area contributed by atoms with Gasteiger partial charge in [0, 0.05) is 12.1 Å². The van der Waals surface area contributed by atoms with Gasteiger partial charge in [-0.25, -0.2) is 22.7 Å². The lowest BCUT2D eigenvalue weighted by atomic mass is 9.90. The van der Waals surface area contributed by atoms with Gasteiger partial charge in [-0.05, 0) is 79.1 Å². The summed E-state index contributed by atoms with van der Waals surface area (Å²) < 4.78 is 61.0. The minimum absolute atomic E-state index is 0.0763. The van der Waals surface area contributed by atoms with Crippen molar-refractivity contribution >= 4 is 15.9 Å². The minimum Gasteiger partial charge on any atom is -0.457 e. The molecule has 0 fully saturated rings. The molecular formula is C23H20F2N2O5S. The summed E-state index contributed by atoms with van der Waals surface area (Å²) in [6.45, 7) is 1.67. The zero-order chi connectivity index (χ0) is 23.8. The Balaban J connectivity index is 1.67. The van der Waals surface area contributed by atoms with Crippen molar-refractivity contribution < 1.29 is 31.9 Å². The van der Waals surface area contributed by atoms with E-state index in [2.05, 4.69) is 0 Å². The van der Waals surface area contributed by atoms with Gasteiger partial charge >= 0.3 is 0 Å². The van der Waals surface area contributed by atoms with Crippen LogP contribution in [0.5, 0.6) is 11.5 Å². The van der Waals surface area contributed by atoms with Crippen molar-refractivity contribution in [2.45, 2.75) is 24.3 Å². The number of hydrogen-bond donors (Lipinski definition) is 2. The molecule has 1 atom stereocenters. The number of sulfonamides is 1. The number of fused-ring (bicyclic) bond motifs is 1. The number of aryl methyl sites for hydroxylation is 1. The summed E-state index contributed by atoms with van der Waals surface area (Å²) in [7, 11) is -4.24. The van der Waals surface area contributed by atoms with Crippen molar-refractivity contribution in [3.05, 3.63) is 89.0 Å². The van der Waals surface area contributed by atoms with Crippen molar-refractivity contribution in [3.8, 4) is 11.5 Å². The van der Waals surface area contributed by atoms with Gasteiger partial charge in [-0.2, -0.15) is 4.31 Å². The number of hydroxylamine groups is 1. The number of carbonyl (C=O) groups is 1. The lowest BCUT2D eigenvalue weighted by molar-refractivity contribution is -0.133. The van der Waals surface area contributed by atoms with E-state index in [1.807, 2.05) is 0 Å². The first-order valence-corrected chi connectivity index (χ1v) is 11.4. The Morgan fingerprint density at radius 1 is 1.03 bits per heavy atom. The number of nitrogens with one attached hydrogen (secondary N) is 1. The fourth-order valence-corrected chi connectivity index (χ4v) is 5.46. The number of nitrogens with zero attached hydrogens (tertiary/aromatic N) is 1. The molecule has 3 aromatic rings. The van der Waals surface area contributed by atoms with E-state index in [4.69, 9.17) is 4.74 Å². The van der Waals surface area contributed by atoms with E-state index >= 15 is 0 Å². The number of rotatable bonds is 5. The maximum atomic E-state index is 14.7. The second kappa shape index (κ2) is 8.89. The predicted molar refractivity (Wildman–Crippen MR) is 114 cm³/mol. The zero-order valence-corrected chi connectivity index (χ0v) is 18.3. The van der Waals surface area contributed by atoms with Crippen LogP contribution in [0.4, 0.5) is 8.78 Å². The van der Waals surface area contributed by atoms with E-state index in [-0.39, 0.29) is 23.4 Å². The molecule has 172 valence electrons. The van der Waals surface area contributed by atoms with Crippen molar-refractivity contribution in [2.24, 2.45) is 0 Å². The average molecular weight is 474 g/mol. The Bertz CT molecular complexity index is 1300. The molecule has 2 N–H and O–H groups in total. The van der Waals surface area contributed by atoms with Crippen molar-refractivity contribution in [3.63, 3.8) is 0 Å². The highest BCUT2D eigenvalue weighted by Crippen LogP contribution is 2.37. The molecule has 0 bridgehead atoms. The van der Waals surface area contributed by atoms with Gasteiger partial charge in [-0.1, -0.05) is 6.07 Å². The zero-order valence-electron chi connectivity index (χ0n) is 17.5. The first kappa shape index (κ1) is 22.8. The number of halogens is 2. The molecule has 1 aliphatic heterocycles.